The van der Waals surface area contributed by atoms with Gasteiger partial charge in [0.05, 0.1) is 22.6 Å². The van der Waals surface area contributed by atoms with E-state index in [4.69, 9.17) is 23.4 Å². The van der Waals surface area contributed by atoms with Crippen molar-refractivity contribution in [3.8, 4) is 5.75 Å². The number of anilines is 1. The van der Waals surface area contributed by atoms with Gasteiger partial charge in [0.1, 0.15) is 23.0 Å². The number of nitrogens with zero attached hydrogens (tertiary/aromatic N) is 1. The molecule has 0 spiro atoms. The van der Waals surface area contributed by atoms with Crippen molar-refractivity contribution < 1.29 is 38.1 Å². The van der Waals surface area contributed by atoms with Crippen LogP contribution < -0.4 is 15.5 Å². The minimum Gasteiger partial charge on any atom is -0.460 e. The highest BCUT2D eigenvalue weighted by Crippen LogP contribution is 2.33. The molecule has 4 rings (SSSR count). The van der Waals surface area contributed by atoms with Gasteiger partial charge in [0.25, 0.3) is 0 Å². The molecule has 2 N–H and O–H groups in total. The van der Waals surface area contributed by atoms with Crippen LogP contribution >= 0.6 is 0 Å². The Hall–Kier alpha value is -3.67. The van der Waals surface area contributed by atoms with E-state index in [1.165, 1.54) is 13.8 Å². The third-order valence-electron chi connectivity index (χ3n) is 6.14. The third-order valence-corrected chi connectivity index (χ3v) is 6.14. The molecule has 11 nitrogen and oxygen atoms in total. The number of esters is 2. The molecule has 0 unspecified atom stereocenters. The number of fused-ring (bicyclic) bond motifs is 2. The first-order chi connectivity index (χ1) is 18.0. The second-order valence-electron chi connectivity index (χ2n) is 9.47. The maximum absolute atomic E-state index is 13.4. The molecule has 1 saturated heterocycles. The molecule has 3 aromatic rings. The molecule has 0 radical (unpaired) electrons. The van der Waals surface area contributed by atoms with Crippen LogP contribution in [-0.2, 0) is 23.8 Å². The van der Waals surface area contributed by atoms with Crippen LogP contribution in [-0.4, -0.2) is 79.8 Å². The Kier molecular flexibility index (Phi) is 8.20. The van der Waals surface area contributed by atoms with E-state index in [0.29, 0.717) is 35.1 Å². The summed E-state index contributed by atoms with van der Waals surface area (Å²) in [7, 11) is 3.87. The van der Waals surface area contributed by atoms with Crippen molar-refractivity contribution in [2.75, 3.05) is 32.5 Å². The lowest BCUT2D eigenvalue weighted by atomic mass is 9.99. The third kappa shape index (κ3) is 5.90. The van der Waals surface area contributed by atoms with Crippen LogP contribution in [0.15, 0.2) is 45.6 Å². The zero-order chi connectivity index (χ0) is 27.6. The fraction of sp³-hybridized carbons (Fsp3) is 0.444. The fourth-order valence-corrected chi connectivity index (χ4v) is 4.38. The first-order valence-corrected chi connectivity index (χ1v) is 12.3. The molecule has 0 bridgehead atoms. The molecule has 1 aliphatic heterocycles. The Balaban J connectivity index is 1.77. The number of ether oxygens (including phenoxy) is 4. The quantitative estimate of drug-likeness (QED) is 0.329. The standard InChI is InChI=1S/C27H32N2O9/c1-14-23(32)25(35-15(2)30)26(36-16(3)31)27(34-14)37-17-12-19(28-10-11-29(4)5)22-21(13-17)38-20-9-7-6-8-18(20)24(22)33/h6-9,12-14,23,25-28,32H,10-11H2,1-5H3/t14-,23-,25+,26+,27-/m0/s1. The zero-order valence-electron chi connectivity index (χ0n) is 21.9. The van der Waals surface area contributed by atoms with E-state index in [-0.39, 0.29) is 16.8 Å². The second-order valence-corrected chi connectivity index (χ2v) is 9.47. The summed E-state index contributed by atoms with van der Waals surface area (Å²) in [5.41, 5.74) is 0.991. The van der Waals surface area contributed by atoms with Crippen molar-refractivity contribution in [3.05, 3.63) is 46.6 Å². The molecule has 1 aromatic heterocycles. The normalized spacial score (nSPS) is 23.4. The maximum Gasteiger partial charge on any atom is 0.303 e. The van der Waals surface area contributed by atoms with Gasteiger partial charge >= 0.3 is 11.9 Å². The van der Waals surface area contributed by atoms with E-state index < -0.39 is 42.6 Å². The van der Waals surface area contributed by atoms with Crippen LogP contribution in [0.3, 0.4) is 0 Å². The first kappa shape index (κ1) is 27.4. The van der Waals surface area contributed by atoms with Crippen LogP contribution in [0.25, 0.3) is 21.9 Å². The average Bonchev–Trinajstić information content (AvgIpc) is 2.83. The number of carbonyl (C=O) groups excluding carboxylic acids is 2. The molecule has 1 fully saturated rings. The molecule has 0 aliphatic carbocycles. The maximum atomic E-state index is 13.4. The molecule has 0 amide bonds. The van der Waals surface area contributed by atoms with Crippen molar-refractivity contribution in [1.82, 2.24) is 4.90 Å². The van der Waals surface area contributed by atoms with E-state index >= 15 is 0 Å². The number of benzene rings is 2. The monoisotopic (exact) mass is 528 g/mol. The summed E-state index contributed by atoms with van der Waals surface area (Å²) in [4.78, 5) is 39.0. The lowest BCUT2D eigenvalue weighted by molar-refractivity contribution is -0.277. The van der Waals surface area contributed by atoms with Crippen molar-refractivity contribution in [2.45, 2.75) is 51.5 Å². The molecule has 38 heavy (non-hydrogen) atoms. The van der Waals surface area contributed by atoms with Gasteiger partial charge in [0.2, 0.25) is 17.8 Å². The molecule has 1 aliphatic rings. The van der Waals surface area contributed by atoms with Crippen molar-refractivity contribution >= 4 is 39.6 Å². The lowest BCUT2D eigenvalue weighted by Gasteiger charge is -2.42. The van der Waals surface area contributed by atoms with Crippen LogP contribution in [0.5, 0.6) is 5.75 Å². The number of aliphatic hydroxyl groups excluding tert-OH is 1. The molecule has 2 aromatic carbocycles. The molecular formula is C27H32N2O9. The van der Waals surface area contributed by atoms with Crippen LogP contribution in [0.1, 0.15) is 20.8 Å². The van der Waals surface area contributed by atoms with Gasteiger partial charge < -0.3 is 38.7 Å². The van der Waals surface area contributed by atoms with Gasteiger partial charge in [-0.1, -0.05) is 12.1 Å². The minimum absolute atomic E-state index is 0.195. The highest BCUT2D eigenvalue weighted by Gasteiger charge is 2.49. The smallest absolute Gasteiger partial charge is 0.303 e. The molecular weight excluding hydrogens is 496 g/mol. The van der Waals surface area contributed by atoms with Crippen LogP contribution in [0.4, 0.5) is 5.69 Å². The highest BCUT2D eigenvalue weighted by atomic mass is 16.7. The number of hydrogen-bond acceptors (Lipinski definition) is 11. The summed E-state index contributed by atoms with van der Waals surface area (Å²) < 4.78 is 28.7. The van der Waals surface area contributed by atoms with Gasteiger partial charge in [-0.3, -0.25) is 14.4 Å². The number of para-hydroxylation sites is 1. The summed E-state index contributed by atoms with van der Waals surface area (Å²) in [5.74, 6) is -1.09. The van der Waals surface area contributed by atoms with E-state index in [0.717, 1.165) is 0 Å². The van der Waals surface area contributed by atoms with E-state index in [9.17, 15) is 19.5 Å². The van der Waals surface area contributed by atoms with Crippen molar-refractivity contribution in [3.63, 3.8) is 0 Å². The highest BCUT2D eigenvalue weighted by molar-refractivity contribution is 5.98. The van der Waals surface area contributed by atoms with E-state index in [2.05, 4.69) is 5.32 Å². The summed E-state index contributed by atoms with van der Waals surface area (Å²) in [6.07, 6.45) is -5.78. The lowest BCUT2D eigenvalue weighted by Crippen LogP contribution is -2.60. The Bertz CT molecular complexity index is 1390. The largest absolute Gasteiger partial charge is 0.460 e. The number of rotatable bonds is 8. The predicted molar refractivity (Wildman–Crippen MR) is 139 cm³/mol. The minimum atomic E-state index is -1.26. The molecule has 204 valence electrons. The SMILES string of the molecule is CC(=O)O[C@@H]1[C@@H](O)[C@H](C)O[C@@H](Oc2cc(NCCN(C)C)c3c(=O)c4ccccc4oc3c2)[C@@H]1OC(C)=O. The summed E-state index contributed by atoms with van der Waals surface area (Å²) in [6.45, 7) is 5.20. The number of hydrogen-bond donors (Lipinski definition) is 2. The molecule has 5 atom stereocenters. The Morgan fingerprint density at radius 3 is 2.42 bits per heavy atom. The van der Waals surface area contributed by atoms with Gasteiger partial charge in [0.15, 0.2) is 6.10 Å². The second kappa shape index (κ2) is 11.4. The number of aliphatic hydroxyl groups is 1. The Morgan fingerprint density at radius 1 is 1.05 bits per heavy atom. The fourth-order valence-electron chi connectivity index (χ4n) is 4.38. The van der Waals surface area contributed by atoms with Crippen LogP contribution in [0.2, 0.25) is 0 Å². The summed E-state index contributed by atoms with van der Waals surface area (Å²) >= 11 is 0. The van der Waals surface area contributed by atoms with Gasteiger partial charge in [-0.25, -0.2) is 0 Å². The van der Waals surface area contributed by atoms with Crippen molar-refractivity contribution in [1.29, 1.82) is 0 Å². The zero-order valence-corrected chi connectivity index (χ0v) is 21.9. The van der Waals surface area contributed by atoms with Crippen molar-refractivity contribution in [2.24, 2.45) is 0 Å². The molecule has 0 saturated carbocycles. The van der Waals surface area contributed by atoms with Gasteiger partial charge in [-0.2, -0.15) is 0 Å². The first-order valence-electron chi connectivity index (χ1n) is 12.3. The summed E-state index contributed by atoms with van der Waals surface area (Å²) in [6, 6.07) is 10.1. The van der Waals surface area contributed by atoms with Gasteiger partial charge in [-0.15, -0.1) is 0 Å². The van der Waals surface area contributed by atoms with Crippen LogP contribution in [0, 0.1) is 0 Å². The number of carbonyl (C=O) groups is 2. The van der Waals surface area contributed by atoms with Gasteiger partial charge in [-0.05, 0) is 33.2 Å². The molecule has 11 heteroatoms. The average molecular weight is 529 g/mol. The van der Waals surface area contributed by atoms with Gasteiger partial charge in [0, 0.05) is 39.1 Å². The topological polar surface area (TPSA) is 137 Å². The number of nitrogens with one attached hydrogen (secondary N) is 1. The number of likely N-dealkylation sites (N-methyl/N-ethyl adjacent to an activating group) is 1. The molecule has 2 heterocycles. The Morgan fingerprint density at radius 2 is 1.74 bits per heavy atom. The Labute approximate surface area is 219 Å². The summed E-state index contributed by atoms with van der Waals surface area (Å²) in [5, 5.41) is 14.7. The van der Waals surface area contributed by atoms with E-state index in [1.807, 2.05) is 19.0 Å². The predicted octanol–water partition coefficient (Wildman–Crippen LogP) is 2.27. The van der Waals surface area contributed by atoms with E-state index in [1.54, 1.807) is 43.3 Å².